The normalized spacial score (nSPS) is 47.9. The van der Waals surface area contributed by atoms with E-state index < -0.39 is 50.3 Å². The first-order valence-corrected chi connectivity index (χ1v) is 4.95. The summed E-state index contributed by atoms with van der Waals surface area (Å²) in [6.07, 6.45) is -10.5. The smallest absolute Gasteiger partial charge is 0.186 e. The molecule has 1 rings (SSSR count). The van der Waals surface area contributed by atoms with E-state index in [1.54, 1.807) is 5.16 Å². The summed E-state index contributed by atoms with van der Waals surface area (Å²) in [6.45, 7) is -7.23. The molecule has 0 saturated carbocycles. The molecule has 1 aliphatic rings. The van der Waals surface area contributed by atoms with Gasteiger partial charge in [0.15, 0.2) is 6.27 Å². The van der Waals surface area contributed by atoms with Crippen molar-refractivity contribution in [1.82, 2.24) is 0 Å². The first-order valence-electron chi connectivity index (χ1n) is 7.04. The molecule has 1 saturated heterocycles. The molecule has 1 aliphatic heterocycles. The average Bonchev–Trinajstić information content (AvgIpc) is 2.40. The molecule has 8 heteroatoms. The molecular formula is C9H15NO6S. The Labute approximate surface area is 110 Å². The highest BCUT2D eigenvalue weighted by Crippen LogP contribution is 2.21. The predicted octanol–water partition coefficient (Wildman–Crippen LogP) is -2.09. The third-order valence-electron chi connectivity index (χ3n) is 2.04. The Kier molecular flexibility index (Phi) is 3.60. The minimum Gasteiger partial charge on any atom is -0.394 e. The summed E-state index contributed by atoms with van der Waals surface area (Å²) in [6, 6.07) is 0. The first-order chi connectivity index (χ1) is 9.92. The van der Waals surface area contributed by atoms with Crippen LogP contribution >= 0.6 is 12.2 Å². The highest BCUT2D eigenvalue weighted by Gasteiger charge is 2.43. The zero-order chi connectivity index (χ0) is 17.3. The van der Waals surface area contributed by atoms with E-state index in [2.05, 4.69) is 21.9 Å². The minimum absolute atomic E-state index is 0.858. The molecule has 0 spiro atoms. The van der Waals surface area contributed by atoms with Crippen molar-refractivity contribution in [2.45, 2.75) is 30.7 Å². The lowest BCUT2D eigenvalue weighted by Crippen LogP contribution is -2.59. The molecule has 0 aromatic carbocycles. The molecule has 0 radical (unpaired) electrons. The van der Waals surface area contributed by atoms with E-state index in [1.807, 2.05) is 0 Å². The van der Waals surface area contributed by atoms with Gasteiger partial charge in [0.1, 0.15) is 24.4 Å². The van der Waals surface area contributed by atoms with E-state index in [0.717, 1.165) is 0 Å². The molecule has 5 atom stereocenters. The van der Waals surface area contributed by atoms with Crippen LogP contribution in [0.2, 0.25) is 0 Å². The summed E-state index contributed by atoms with van der Waals surface area (Å²) < 4.78 is 46.8. The number of aliphatic hydroxyl groups is 4. The number of aliphatic hydroxyl groups excluding tert-OH is 4. The molecule has 1 fully saturated rings. The van der Waals surface area contributed by atoms with Gasteiger partial charge in [0, 0.05) is 0 Å². The fraction of sp³-hybridized carbons (Fsp3) is 0.889. The molecular weight excluding hydrogens is 250 g/mol. The van der Waals surface area contributed by atoms with E-state index in [9.17, 15) is 15.3 Å². The Morgan fingerprint density at radius 3 is 2.71 bits per heavy atom. The number of hydrogen-bond acceptors (Lipinski definition) is 8. The topological polar surface area (TPSA) is 112 Å². The fourth-order valence-electron chi connectivity index (χ4n) is 1.18. The third-order valence-corrected chi connectivity index (χ3v) is 2.13. The Hall–Kier alpha value is -0.440. The Morgan fingerprint density at radius 1 is 1.41 bits per heavy atom. The maximum atomic E-state index is 9.75. The summed E-state index contributed by atoms with van der Waals surface area (Å²) in [5, 5.41) is 39.6. The van der Waals surface area contributed by atoms with Crippen molar-refractivity contribution in [3.05, 3.63) is 0 Å². The van der Waals surface area contributed by atoms with Crippen LogP contribution in [0.5, 0.6) is 0 Å². The second-order valence-corrected chi connectivity index (χ2v) is 3.29. The number of hydrogen-bond donors (Lipinski definition) is 4. The van der Waals surface area contributed by atoms with E-state index in [1.165, 1.54) is 0 Å². The summed E-state index contributed by atoms with van der Waals surface area (Å²) >= 11 is 4.18. The predicted molar refractivity (Wildman–Crippen MR) is 59.6 cm³/mol. The Bertz CT molecular complexity index is 462. The van der Waals surface area contributed by atoms with E-state index in [-0.39, 0.29) is 0 Å². The van der Waals surface area contributed by atoms with Crippen molar-refractivity contribution in [2.24, 2.45) is 4.99 Å². The van der Waals surface area contributed by atoms with E-state index in [4.69, 9.17) is 16.7 Å². The van der Waals surface area contributed by atoms with Gasteiger partial charge in [0.2, 0.25) is 0 Å². The Balaban J connectivity index is 3.10. The molecule has 0 aliphatic carbocycles. The van der Waals surface area contributed by atoms with Gasteiger partial charge in [0.05, 0.1) is 31.7 Å². The molecule has 1 unspecified atom stereocenters. The highest BCUT2D eigenvalue weighted by molar-refractivity contribution is 7.78. The molecule has 0 amide bonds. The van der Waals surface area contributed by atoms with Gasteiger partial charge in [-0.1, -0.05) is 0 Å². The van der Waals surface area contributed by atoms with Gasteiger partial charge in [-0.2, -0.15) is 0 Å². The monoisotopic (exact) mass is 270 g/mol. The van der Waals surface area contributed by atoms with Crippen molar-refractivity contribution in [3.8, 4) is 0 Å². The standard InChI is InChI=1S/C9H15NO6S/c11-3-5-6(12)7(13)8(14)9(16-5)15-2-1-10-4-17/h5-9,11-14H,1-3H2/t5-,6-,7+,8+,9?/m1/s1/i1D2,2D2,9D. The largest absolute Gasteiger partial charge is 0.394 e. The number of rotatable bonds is 5. The van der Waals surface area contributed by atoms with Gasteiger partial charge in [-0.15, -0.1) is 0 Å². The SMILES string of the molecule is [2H]C1(OC([2H])([2H])C([2H])([2H])N=C=S)O[C@H](CO)[C@@H](O)[C@H](O)[C@@H]1O. The highest BCUT2D eigenvalue weighted by atomic mass is 32.1. The van der Waals surface area contributed by atoms with Crippen LogP contribution in [0.15, 0.2) is 4.99 Å². The summed E-state index contributed by atoms with van der Waals surface area (Å²) in [5.74, 6) is 0. The molecule has 1 heterocycles. The zero-order valence-electron chi connectivity index (χ0n) is 13.5. The molecule has 17 heavy (non-hydrogen) atoms. The number of aliphatic imine (C=N–C) groups is 1. The van der Waals surface area contributed by atoms with E-state index >= 15 is 0 Å². The Morgan fingerprint density at radius 2 is 2.12 bits per heavy atom. The number of thiocarbonyl (C=S) groups is 1. The average molecular weight is 270 g/mol. The quantitative estimate of drug-likeness (QED) is 0.334. The van der Waals surface area contributed by atoms with Gasteiger partial charge in [-0.3, -0.25) is 0 Å². The van der Waals surface area contributed by atoms with Crippen LogP contribution in [-0.2, 0) is 9.47 Å². The lowest BCUT2D eigenvalue weighted by Gasteiger charge is -2.39. The van der Waals surface area contributed by atoms with E-state index in [0.29, 0.717) is 0 Å². The molecule has 98 valence electrons. The van der Waals surface area contributed by atoms with Gasteiger partial charge in [-0.25, -0.2) is 4.99 Å². The van der Waals surface area contributed by atoms with Crippen molar-refractivity contribution in [2.75, 3.05) is 19.7 Å². The lowest BCUT2D eigenvalue weighted by molar-refractivity contribution is -0.300. The van der Waals surface area contributed by atoms with Crippen molar-refractivity contribution < 1.29 is 36.8 Å². The molecule has 0 aromatic heterocycles. The van der Waals surface area contributed by atoms with Gasteiger partial charge < -0.3 is 29.9 Å². The van der Waals surface area contributed by atoms with Gasteiger partial charge in [-0.05, 0) is 12.2 Å². The van der Waals surface area contributed by atoms with Crippen LogP contribution in [-0.4, -0.2) is 75.9 Å². The third kappa shape index (κ3) is 3.77. The first kappa shape index (κ1) is 8.63. The molecule has 0 aromatic rings. The molecule has 0 bridgehead atoms. The zero-order valence-corrected chi connectivity index (χ0v) is 9.29. The summed E-state index contributed by atoms with van der Waals surface area (Å²) in [4.78, 5) is 2.94. The molecule has 4 N–H and O–H groups in total. The summed E-state index contributed by atoms with van der Waals surface area (Å²) in [5.41, 5.74) is 0. The van der Waals surface area contributed by atoms with Crippen molar-refractivity contribution >= 4 is 17.4 Å². The van der Waals surface area contributed by atoms with Gasteiger partial charge >= 0.3 is 0 Å². The fourth-order valence-corrected chi connectivity index (χ4v) is 1.23. The van der Waals surface area contributed by atoms with Crippen molar-refractivity contribution in [3.63, 3.8) is 0 Å². The lowest BCUT2D eigenvalue weighted by atomic mass is 9.99. The molecule has 7 nitrogen and oxygen atoms in total. The van der Waals surface area contributed by atoms with Crippen LogP contribution in [0, 0.1) is 0 Å². The maximum absolute atomic E-state index is 9.75. The number of ether oxygens (including phenoxy) is 2. The number of isothiocyanates is 1. The van der Waals surface area contributed by atoms with Crippen LogP contribution < -0.4 is 0 Å². The second kappa shape index (κ2) is 7.10. The van der Waals surface area contributed by atoms with Gasteiger partial charge in [0.25, 0.3) is 0 Å². The van der Waals surface area contributed by atoms with Crippen LogP contribution in [0.1, 0.15) is 6.85 Å². The van der Waals surface area contributed by atoms with Crippen molar-refractivity contribution in [1.29, 1.82) is 0 Å². The minimum atomic E-state index is -3.30. The van der Waals surface area contributed by atoms with Crippen LogP contribution in [0.25, 0.3) is 0 Å². The summed E-state index contributed by atoms with van der Waals surface area (Å²) in [7, 11) is 0. The number of nitrogens with zero attached hydrogens (tertiary/aromatic N) is 1. The second-order valence-electron chi connectivity index (χ2n) is 3.10. The van der Waals surface area contributed by atoms with Crippen LogP contribution in [0.3, 0.4) is 0 Å². The van der Waals surface area contributed by atoms with Crippen LogP contribution in [0.4, 0.5) is 0 Å². The maximum Gasteiger partial charge on any atom is 0.186 e.